The van der Waals surface area contributed by atoms with Gasteiger partial charge in [-0.25, -0.2) is 0 Å². The van der Waals surface area contributed by atoms with Crippen LogP contribution in [0, 0.1) is 0 Å². The minimum Gasteiger partial charge on any atom is -0.461 e. The zero-order valence-electron chi connectivity index (χ0n) is 14.0. The Balaban J connectivity index is 1.97. The largest absolute Gasteiger partial charge is 0.461 e. The molecule has 0 saturated carbocycles. The van der Waals surface area contributed by atoms with E-state index in [2.05, 4.69) is 20.8 Å². The van der Waals surface area contributed by atoms with Crippen LogP contribution in [0.4, 0.5) is 5.82 Å². The number of nitrogens with zero attached hydrogens (tertiary/aromatic N) is 1. The number of anilines is 1. The van der Waals surface area contributed by atoms with Crippen LogP contribution in [0.1, 0.15) is 46.6 Å². The first-order valence-electron chi connectivity index (χ1n) is 8.24. The van der Waals surface area contributed by atoms with E-state index in [0.29, 0.717) is 23.5 Å². The number of fused-ring (bicyclic) bond motifs is 2. The van der Waals surface area contributed by atoms with E-state index in [1.54, 1.807) is 7.05 Å². The lowest BCUT2D eigenvalue weighted by Crippen LogP contribution is -2.26. The third kappa shape index (κ3) is 2.31. The van der Waals surface area contributed by atoms with Crippen molar-refractivity contribution in [2.45, 2.75) is 25.7 Å². The average Bonchev–Trinajstić information content (AvgIpc) is 3.21. The lowest BCUT2D eigenvalue weighted by atomic mass is 9.83. The van der Waals surface area contributed by atoms with Crippen LogP contribution in [0.15, 0.2) is 28.7 Å². The van der Waals surface area contributed by atoms with E-state index in [4.69, 9.17) is 4.42 Å². The number of aromatic amines is 1. The Morgan fingerprint density at radius 1 is 1.36 bits per heavy atom. The molecule has 128 valence electrons. The zero-order chi connectivity index (χ0) is 17.6. The van der Waals surface area contributed by atoms with Crippen molar-refractivity contribution in [3.63, 3.8) is 0 Å². The quantitative estimate of drug-likeness (QED) is 0.683. The number of carbonyl (C=O) groups is 2. The molecule has 3 heterocycles. The lowest BCUT2D eigenvalue weighted by molar-refractivity contribution is -0.116. The summed E-state index contributed by atoms with van der Waals surface area (Å²) in [5.74, 6) is 0.567. The van der Waals surface area contributed by atoms with Gasteiger partial charge in [0.05, 0.1) is 0 Å². The lowest BCUT2D eigenvalue weighted by Gasteiger charge is -2.23. The first-order chi connectivity index (χ1) is 12.1. The molecule has 0 aliphatic carbocycles. The van der Waals surface area contributed by atoms with Gasteiger partial charge < -0.3 is 15.1 Å². The number of nitrogens with one attached hydrogen (secondary N) is 3. The molecule has 1 aliphatic rings. The second-order valence-corrected chi connectivity index (χ2v) is 6.03. The Hall–Kier alpha value is -3.09. The summed E-state index contributed by atoms with van der Waals surface area (Å²) in [5.41, 5.74) is 2.82. The van der Waals surface area contributed by atoms with Gasteiger partial charge in [0.15, 0.2) is 5.82 Å². The first-order valence-corrected chi connectivity index (χ1v) is 8.24. The van der Waals surface area contributed by atoms with Gasteiger partial charge in [0.2, 0.25) is 5.91 Å². The standard InChI is InChI=1S/C18H18N4O3/c1-3-11-14(9-6-4-5-7-12(9)25-11)10-8-13(23)20-17-15(10)16(21-22-17)18(24)19-2/h4-7,10H,3,8H2,1-2H3,(H,19,24)(H2,20,21,22,23)/t10-/m1/s1. The van der Waals surface area contributed by atoms with Gasteiger partial charge in [0, 0.05) is 42.3 Å². The second kappa shape index (κ2) is 5.77. The molecule has 0 bridgehead atoms. The number of H-pyrrole nitrogens is 1. The molecular weight excluding hydrogens is 320 g/mol. The predicted octanol–water partition coefficient (Wildman–Crippen LogP) is 2.55. The summed E-state index contributed by atoms with van der Waals surface area (Å²) in [6.45, 7) is 2.01. The van der Waals surface area contributed by atoms with Crippen LogP contribution in [0.3, 0.4) is 0 Å². The topological polar surface area (TPSA) is 100 Å². The molecule has 0 saturated heterocycles. The molecule has 0 spiro atoms. The normalized spacial score (nSPS) is 16.6. The van der Waals surface area contributed by atoms with E-state index in [-0.39, 0.29) is 24.2 Å². The fraction of sp³-hybridized carbons (Fsp3) is 0.278. The third-order valence-corrected chi connectivity index (χ3v) is 4.63. The van der Waals surface area contributed by atoms with Gasteiger partial charge in [-0.2, -0.15) is 5.10 Å². The van der Waals surface area contributed by atoms with E-state index in [1.165, 1.54) is 0 Å². The van der Waals surface area contributed by atoms with Crippen molar-refractivity contribution < 1.29 is 14.0 Å². The SMILES string of the molecule is CCc1oc2ccccc2c1[C@H]1CC(=O)Nc2n[nH]c(C(=O)NC)c21. The van der Waals surface area contributed by atoms with Gasteiger partial charge in [-0.05, 0) is 6.07 Å². The molecule has 0 radical (unpaired) electrons. The van der Waals surface area contributed by atoms with Crippen LogP contribution in [0.5, 0.6) is 0 Å². The Morgan fingerprint density at radius 3 is 2.92 bits per heavy atom. The van der Waals surface area contributed by atoms with Crippen molar-refractivity contribution in [1.82, 2.24) is 15.5 Å². The van der Waals surface area contributed by atoms with Gasteiger partial charge >= 0.3 is 0 Å². The van der Waals surface area contributed by atoms with E-state index in [1.807, 2.05) is 31.2 Å². The van der Waals surface area contributed by atoms with Crippen LogP contribution in [-0.2, 0) is 11.2 Å². The summed E-state index contributed by atoms with van der Waals surface area (Å²) < 4.78 is 5.99. The fourth-order valence-corrected chi connectivity index (χ4v) is 3.56. The number of benzene rings is 1. The molecule has 1 aliphatic heterocycles. The Kier molecular flexibility index (Phi) is 3.56. The van der Waals surface area contributed by atoms with Crippen LogP contribution >= 0.6 is 0 Å². The maximum absolute atomic E-state index is 12.2. The predicted molar refractivity (Wildman–Crippen MR) is 92.7 cm³/mol. The molecular formula is C18H18N4O3. The molecule has 7 heteroatoms. The summed E-state index contributed by atoms with van der Waals surface area (Å²) in [4.78, 5) is 24.5. The number of rotatable bonds is 3. The molecule has 1 aromatic carbocycles. The molecule has 4 rings (SSSR count). The van der Waals surface area contributed by atoms with Crippen LogP contribution in [0.2, 0.25) is 0 Å². The van der Waals surface area contributed by atoms with Crippen LogP contribution < -0.4 is 10.6 Å². The highest BCUT2D eigenvalue weighted by molar-refractivity contribution is 6.01. The fourth-order valence-electron chi connectivity index (χ4n) is 3.56. The van der Waals surface area contributed by atoms with Gasteiger partial charge in [-0.3, -0.25) is 14.7 Å². The van der Waals surface area contributed by atoms with E-state index in [0.717, 1.165) is 22.3 Å². The van der Waals surface area contributed by atoms with Crippen molar-refractivity contribution >= 4 is 28.6 Å². The summed E-state index contributed by atoms with van der Waals surface area (Å²) in [6.07, 6.45) is 0.942. The third-order valence-electron chi connectivity index (χ3n) is 4.63. The van der Waals surface area contributed by atoms with Crippen molar-refractivity contribution in [2.75, 3.05) is 12.4 Å². The number of para-hydroxylation sites is 1. The first kappa shape index (κ1) is 15.4. The van der Waals surface area contributed by atoms with Gasteiger partial charge in [0.1, 0.15) is 17.0 Å². The van der Waals surface area contributed by atoms with Crippen LogP contribution in [0.25, 0.3) is 11.0 Å². The number of furan rings is 1. The average molecular weight is 338 g/mol. The van der Waals surface area contributed by atoms with Gasteiger partial charge in [0.25, 0.3) is 5.91 Å². The van der Waals surface area contributed by atoms with Gasteiger partial charge in [-0.1, -0.05) is 25.1 Å². The Bertz CT molecular complexity index is 986. The smallest absolute Gasteiger partial charge is 0.269 e. The molecule has 3 aromatic rings. The van der Waals surface area contributed by atoms with Crippen molar-refractivity contribution in [2.24, 2.45) is 0 Å². The monoisotopic (exact) mass is 338 g/mol. The highest BCUT2D eigenvalue weighted by Gasteiger charge is 2.36. The Labute approximate surface area is 143 Å². The highest BCUT2D eigenvalue weighted by Crippen LogP contribution is 2.43. The maximum atomic E-state index is 12.2. The molecule has 0 unspecified atom stereocenters. The summed E-state index contributed by atoms with van der Waals surface area (Å²) >= 11 is 0. The van der Waals surface area contributed by atoms with E-state index >= 15 is 0 Å². The second-order valence-electron chi connectivity index (χ2n) is 6.03. The molecule has 3 N–H and O–H groups in total. The number of aromatic nitrogens is 2. The van der Waals surface area contributed by atoms with E-state index in [9.17, 15) is 9.59 Å². The molecule has 1 atom stereocenters. The zero-order valence-corrected chi connectivity index (χ0v) is 14.0. The molecule has 0 fully saturated rings. The van der Waals surface area contributed by atoms with Crippen molar-refractivity contribution in [1.29, 1.82) is 0 Å². The molecule has 25 heavy (non-hydrogen) atoms. The van der Waals surface area contributed by atoms with Crippen molar-refractivity contribution in [3.8, 4) is 0 Å². The number of hydrogen-bond donors (Lipinski definition) is 3. The minimum absolute atomic E-state index is 0.125. The van der Waals surface area contributed by atoms with Gasteiger partial charge in [-0.15, -0.1) is 0 Å². The van der Waals surface area contributed by atoms with E-state index < -0.39 is 0 Å². The molecule has 7 nitrogen and oxygen atoms in total. The summed E-state index contributed by atoms with van der Waals surface area (Å²) in [7, 11) is 1.57. The van der Waals surface area contributed by atoms with Crippen LogP contribution in [-0.4, -0.2) is 29.1 Å². The number of amides is 2. The highest BCUT2D eigenvalue weighted by atomic mass is 16.3. The minimum atomic E-state index is -0.284. The Morgan fingerprint density at radius 2 is 2.16 bits per heavy atom. The summed E-state index contributed by atoms with van der Waals surface area (Å²) in [5, 5.41) is 13.2. The molecule has 2 aromatic heterocycles. The number of aryl methyl sites for hydroxylation is 1. The molecule has 2 amide bonds. The number of hydrogen-bond acceptors (Lipinski definition) is 4. The van der Waals surface area contributed by atoms with Crippen molar-refractivity contribution in [3.05, 3.63) is 46.8 Å². The maximum Gasteiger partial charge on any atom is 0.269 e. The summed E-state index contributed by atoms with van der Waals surface area (Å²) in [6, 6.07) is 7.76. The number of carbonyl (C=O) groups excluding carboxylic acids is 2.